The summed E-state index contributed by atoms with van der Waals surface area (Å²) in [5.74, 6) is 1.18. The van der Waals surface area contributed by atoms with E-state index < -0.39 is 17.6 Å². The molecule has 0 radical (unpaired) electrons. The third kappa shape index (κ3) is 4.74. The molecule has 6 rings (SSSR count). The van der Waals surface area contributed by atoms with E-state index >= 15 is 0 Å². The molecule has 0 aliphatic carbocycles. The second kappa shape index (κ2) is 9.55. The highest BCUT2D eigenvalue weighted by atomic mass is 19.4. The number of aryl methyl sites for hydroxylation is 2. The number of carbonyl (C=O) groups excluding carboxylic acids is 1. The van der Waals surface area contributed by atoms with Crippen molar-refractivity contribution < 1.29 is 18.0 Å². The van der Waals surface area contributed by atoms with E-state index in [0.717, 1.165) is 46.4 Å². The molecule has 3 aliphatic rings. The zero-order valence-corrected chi connectivity index (χ0v) is 21.2. The number of halogens is 3. The Morgan fingerprint density at radius 3 is 2.75 bits per heavy atom. The van der Waals surface area contributed by atoms with Crippen molar-refractivity contribution in [3.8, 4) is 22.5 Å². The number of rotatable bonds is 4. The number of benzene rings is 1. The van der Waals surface area contributed by atoms with Gasteiger partial charge in [-0.1, -0.05) is 11.3 Å². The molecule has 0 bridgehead atoms. The second-order valence-electron chi connectivity index (χ2n) is 9.21. The fourth-order valence-electron chi connectivity index (χ4n) is 4.52. The molecule has 0 atom stereocenters. The first-order valence-electron chi connectivity index (χ1n) is 12.2. The number of amides is 1. The van der Waals surface area contributed by atoms with E-state index in [1.54, 1.807) is 31.6 Å². The molecule has 5 heterocycles. The van der Waals surface area contributed by atoms with Gasteiger partial charge in [0.1, 0.15) is 17.3 Å². The topological polar surface area (TPSA) is 128 Å². The van der Waals surface area contributed by atoms with Crippen LogP contribution in [0.15, 0.2) is 60.0 Å². The smallest absolute Gasteiger partial charge is 0.369 e. The van der Waals surface area contributed by atoms with E-state index in [1.165, 1.54) is 4.68 Å². The molecule has 3 aliphatic heterocycles. The summed E-state index contributed by atoms with van der Waals surface area (Å²) in [7, 11) is 1.74. The molecular formula is C26H21F3N10O. The summed E-state index contributed by atoms with van der Waals surface area (Å²) in [6.45, 7) is 3.28. The zero-order valence-electron chi connectivity index (χ0n) is 21.2. The first-order chi connectivity index (χ1) is 19.2. The molecular weight excluding hydrogens is 525 g/mol. The summed E-state index contributed by atoms with van der Waals surface area (Å²) in [5, 5.41) is 13.9. The number of pyridine rings is 2. The number of hydrogen-bond acceptors (Lipinski definition) is 8. The van der Waals surface area contributed by atoms with Crippen molar-refractivity contribution in [2.45, 2.75) is 19.6 Å². The summed E-state index contributed by atoms with van der Waals surface area (Å²) in [5.41, 5.74) is 2.79. The van der Waals surface area contributed by atoms with Crippen LogP contribution in [0.4, 0.5) is 30.5 Å². The minimum atomic E-state index is -4.58. The maximum absolute atomic E-state index is 13.1. The van der Waals surface area contributed by atoms with Crippen LogP contribution in [-0.2, 0) is 19.8 Å². The average molecular weight is 547 g/mol. The van der Waals surface area contributed by atoms with Crippen molar-refractivity contribution in [2.75, 3.05) is 17.2 Å². The first kappa shape index (κ1) is 25.2. The summed E-state index contributed by atoms with van der Waals surface area (Å²) >= 11 is 0. The standard InChI is InChI=1S/C26H21F3N10O/c1-14-3-4-17(33-24(40)20-10-16(5-6-30-20)26(27,28)29)11-18(14)19-9-15-12-32-25(34-21-13-38(2)37-36-21)35-22(15)39-8-7-31-23(19)39/h3-6,9-13,31H,7-8H2,1-2H3,(H,33,40)/b34-25-. The van der Waals surface area contributed by atoms with Gasteiger partial charge in [0.25, 0.3) is 11.5 Å². The molecule has 40 heavy (non-hydrogen) atoms. The van der Waals surface area contributed by atoms with Crippen LogP contribution >= 0.6 is 0 Å². The van der Waals surface area contributed by atoms with Gasteiger partial charge >= 0.3 is 6.18 Å². The predicted molar refractivity (Wildman–Crippen MR) is 139 cm³/mol. The molecule has 0 saturated heterocycles. The quantitative estimate of drug-likeness (QED) is 0.351. The van der Waals surface area contributed by atoms with Crippen molar-refractivity contribution >= 4 is 23.2 Å². The van der Waals surface area contributed by atoms with Crippen LogP contribution < -0.4 is 16.3 Å². The third-order valence-corrected chi connectivity index (χ3v) is 6.40. The molecule has 1 amide bonds. The molecule has 14 heteroatoms. The van der Waals surface area contributed by atoms with Gasteiger partial charge < -0.3 is 15.2 Å². The van der Waals surface area contributed by atoms with Crippen molar-refractivity contribution in [1.82, 2.24) is 34.5 Å². The van der Waals surface area contributed by atoms with Gasteiger partial charge in [0.05, 0.1) is 11.8 Å². The lowest BCUT2D eigenvalue weighted by Gasteiger charge is -2.19. The lowest BCUT2D eigenvalue weighted by Crippen LogP contribution is -2.17. The molecule has 0 saturated carbocycles. The van der Waals surface area contributed by atoms with Gasteiger partial charge in [-0.05, 0) is 48.4 Å². The third-order valence-electron chi connectivity index (χ3n) is 6.40. The number of nitrogens with zero attached hydrogens (tertiary/aromatic N) is 8. The van der Waals surface area contributed by atoms with E-state index in [-0.39, 0.29) is 11.3 Å². The Balaban J connectivity index is 1.37. The molecule has 1 aromatic carbocycles. The minimum absolute atomic E-state index is 0.256. The second-order valence-corrected chi connectivity index (χ2v) is 9.21. The first-order valence-corrected chi connectivity index (χ1v) is 12.2. The summed E-state index contributed by atoms with van der Waals surface area (Å²) in [4.78, 5) is 29.9. The maximum atomic E-state index is 13.1. The number of nitrogens with one attached hydrogen (secondary N) is 2. The molecule has 202 valence electrons. The van der Waals surface area contributed by atoms with E-state index in [0.29, 0.717) is 30.4 Å². The molecule has 0 unspecified atom stereocenters. The largest absolute Gasteiger partial charge is 0.416 e. The highest BCUT2D eigenvalue weighted by Crippen LogP contribution is 2.39. The van der Waals surface area contributed by atoms with Crippen LogP contribution in [0.3, 0.4) is 0 Å². The Labute approximate surface area is 224 Å². The summed E-state index contributed by atoms with van der Waals surface area (Å²) in [6, 6.07) is 8.80. The molecule has 0 fully saturated rings. The van der Waals surface area contributed by atoms with Gasteiger partial charge in [0, 0.05) is 49.3 Å². The average Bonchev–Trinajstić information content (AvgIpc) is 3.58. The van der Waals surface area contributed by atoms with E-state index in [4.69, 9.17) is 0 Å². The Kier molecular flexibility index (Phi) is 6.01. The molecule has 0 spiro atoms. The van der Waals surface area contributed by atoms with E-state index in [1.807, 2.05) is 23.6 Å². The lowest BCUT2D eigenvalue weighted by atomic mass is 9.98. The number of aromatic nitrogens is 7. The van der Waals surface area contributed by atoms with Crippen LogP contribution in [0.1, 0.15) is 21.6 Å². The molecule has 2 N–H and O–H groups in total. The normalized spacial score (nSPS) is 13.4. The zero-order chi connectivity index (χ0) is 28.0. The van der Waals surface area contributed by atoms with Crippen LogP contribution in [0.5, 0.6) is 0 Å². The molecule has 3 aromatic rings. The SMILES string of the molecule is Cc1ccc(NC(=O)c2cc(C(F)(F)F)ccn2)cc1-c1cc2cn/c(=N/c3cn(C)nn3)nc-2n2c1NCC2. The monoisotopic (exact) mass is 546 g/mol. The van der Waals surface area contributed by atoms with Crippen LogP contribution in [0, 0.1) is 6.92 Å². The van der Waals surface area contributed by atoms with Crippen molar-refractivity contribution in [3.05, 3.63) is 77.4 Å². The fraction of sp³-hybridized carbons (Fsp3) is 0.192. The Bertz CT molecular complexity index is 1810. The number of anilines is 2. The van der Waals surface area contributed by atoms with Gasteiger partial charge in [0.2, 0.25) is 0 Å². The lowest BCUT2D eigenvalue weighted by molar-refractivity contribution is -0.137. The van der Waals surface area contributed by atoms with Gasteiger partial charge in [-0.3, -0.25) is 14.5 Å². The summed E-state index contributed by atoms with van der Waals surface area (Å²) in [6.07, 6.45) is -0.266. The molecule has 11 nitrogen and oxygen atoms in total. The highest BCUT2D eigenvalue weighted by Gasteiger charge is 2.31. The van der Waals surface area contributed by atoms with E-state index in [2.05, 4.69) is 40.9 Å². The van der Waals surface area contributed by atoms with Gasteiger partial charge in [0.15, 0.2) is 5.82 Å². The fourth-order valence-corrected chi connectivity index (χ4v) is 4.52. The number of carbonyl (C=O) groups is 1. The predicted octanol–water partition coefficient (Wildman–Crippen LogP) is 3.81. The number of fused-ring (bicyclic) bond motifs is 3. The maximum Gasteiger partial charge on any atom is 0.416 e. The van der Waals surface area contributed by atoms with Crippen molar-refractivity contribution in [3.63, 3.8) is 0 Å². The van der Waals surface area contributed by atoms with Gasteiger partial charge in [-0.2, -0.15) is 23.1 Å². The molecule has 2 aromatic heterocycles. The van der Waals surface area contributed by atoms with Gasteiger partial charge in [-0.15, -0.1) is 5.10 Å². The van der Waals surface area contributed by atoms with Crippen LogP contribution in [0.2, 0.25) is 0 Å². The highest BCUT2D eigenvalue weighted by molar-refractivity contribution is 6.03. The minimum Gasteiger partial charge on any atom is -0.369 e. The Morgan fingerprint density at radius 1 is 1.12 bits per heavy atom. The van der Waals surface area contributed by atoms with Crippen molar-refractivity contribution in [2.24, 2.45) is 12.0 Å². The van der Waals surface area contributed by atoms with Crippen LogP contribution in [0.25, 0.3) is 22.5 Å². The van der Waals surface area contributed by atoms with Crippen molar-refractivity contribution in [1.29, 1.82) is 0 Å². The Hall–Kier alpha value is -5.14. The van der Waals surface area contributed by atoms with E-state index in [9.17, 15) is 18.0 Å². The number of alkyl halides is 3. The summed E-state index contributed by atoms with van der Waals surface area (Å²) < 4.78 is 42.9. The Morgan fingerprint density at radius 2 is 1.98 bits per heavy atom. The van der Waals surface area contributed by atoms with Crippen LogP contribution in [-0.4, -0.2) is 47.0 Å². The number of hydrogen-bond donors (Lipinski definition) is 2. The van der Waals surface area contributed by atoms with Gasteiger partial charge in [-0.25, -0.2) is 4.98 Å².